The van der Waals surface area contributed by atoms with Gasteiger partial charge in [0.15, 0.2) is 5.78 Å². The molecule has 4 rings (SSSR count). The van der Waals surface area contributed by atoms with Crippen LogP contribution < -0.4 is 5.32 Å². The lowest BCUT2D eigenvalue weighted by Gasteiger charge is -2.14. The Balaban J connectivity index is 1.46. The molecule has 3 aromatic heterocycles. The zero-order valence-electron chi connectivity index (χ0n) is 24.4. The summed E-state index contributed by atoms with van der Waals surface area (Å²) in [4.78, 5) is 40.3. The number of pyridine rings is 2. The van der Waals surface area contributed by atoms with Crippen molar-refractivity contribution in [3.63, 3.8) is 0 Å². The highest BCUT2D eigenvalue weighted by Crippen LogP contribution is 2.30. The number of aromatic amines is 1. The van der Waals surface area contributed by atoms with Crippen LogP contribution in [-0.2, 0) is 19.4 Å². The summed E-state index contributed by atoms with van der Waals surface area (Å²) in [5.41, 5.74) is 7.45. The first-order valence-electron chi connectivity index (χ1n) is 14.3. The molecule has 3 heterocycles. The van der Waals surface area contributed by atoms with Crippen LogP contribution in [0, 0.1) is 0 Å². The van der Waals surface area contributed by atoms with E-state index in [-0.39, 0.29) is 17.7 Å². The average Bonchev–Trinajstić information content (AvgIpc) is 3.34. The molecular formula is C33H41N5O2. The van der Waals surface area contributed by atoms with Gasteiger partial charge in [0.25, 0.3) is 5.91 Å². The predicted molar refractivity (Wildman–Crippen MR) is 162 cm³/mol. The van der Waals surface area contributed by atoms with Crippen molar-refractivity contribution >= 4 is 22.6 Å². The SMILES string of the molecule is CCc1[nH]c2ccc(-c3cncc(CN(C)C)c3)cc2c1C(=O)CCCc1ccc(C(=O)NC(CC)CC)nc1. The number of benzene rings is 1. The third-order valence-corrected chi connectivity index (χ3v) is 7.38. The summed E-state index contributed by atoms with van der Waals surface area (Å²) in [5, 5.41) is 3.99. The van der Waals surface area contributed by atoms with Crippen molar-refractivity contribution in [2.75, 3.05) is 14.1 Å². The number of aryl methyl sites for hydroxylation is 2. The molecule has 40 heavy (non-hydrogen) atoms. The number of rotatable bonds is 13. The van der Waals surface area contributed by atoms with E-state index in [1.807, 2.05) is 32.6 Å². The normalized spacial score (nSPS) is 11.5. The first kappa shape index (κ1) is 29.2. The molecule has 0 aliphatic heterocycles. The van der Waals surface area contributed by atoms with Crippen LogP contribution in [0.4, 0.5) is 0 Å². The Hall–Kier alpha value is -3.84. The van der Waals surface area contributed by atoms with E-state index < -0.39 is 0 Å². The number of fused-ring (bicyclic) bond motifs is 1. The Morgan fingerprint density at radius 2 is 1.75 bits per heavy atom. The monoisotopic (exact) mass is 539 g/mol. The van der Waals surface area contributed by atoms with Gasteiger partial charge in [0.05, 0.1) is 0 Å². The van der Waals surface area contributed by atoms with Crippen LogP contribution in [0.1, 0.15) is 84.1 Å². The molecule has 0 aliphatic rings. The summed E-state index contributed by atoms with van der Waals surface area (Å²) in [6, 6.07) is 12.3. The molecule has 0 atom stereocenters. The molecule has 0 bridgehead atoms. The number of Topliss-reactive ketones (excluding diaryl/α,β-unsaturated/α-hetero) is 1. The van der Waals surface area contributed by atoms with Gasteiger partial charge in [0, 0.05) is 65.3 Å². The van der Waals surface area contributed by atoms with E-state index in [2.05, 4.69) is 70.2 Å². The standard InChI is InChI=1S/C33H41N5O2/c1-6-26(7-2)36-33(40)30-14-12-22(19-35-30)10-9-11-31(39)32-27-17-24(13-15-29(27)37-28(32)8-3)25-16-23(18-34-20-25)21-38(4)5/h12-20,26,37H,6-11,21H2,1-5H3,(H,36,40). The molecule has 1 amide bonds. The summed E-state index contributed by atoms with van der Waals surface area (Å²) in [7, 11) is 4.09. The summed E-state index contributed by atoms with van der Waals surface area (Å²) in [6.07, 6.45) is 9.97. The van der Waals surface area contributed by atoms with Gasteiger partial charge in [-0.2, -0.15) is 0 Å². The van der Waals surface area contributed by atoms with E-state index in [1.165, 1.54) is 0 Å². The zero-order valence-corrected chi connectivity index (χ0v) is 24.4. The molecule has 0 spiro atoms. The topological polar surface area (TPSA) is 91.0 Å². The average molecular weight is 540 g/mol. The van der Waals surface area contributed by atoms with Crippen LogP contribution in [0.3, 0.4) is 0 Å². The van der Waals surface area contributed by atoms with E-state index >= 15 is 0 Å². The molecule has 0 saturated heterocycles. The molecule has 1 aromatic carbocycles. The van der Waals surface area contributed by atoms with E-state index in [0.29, 0.717) is 18.5 Å². The third-order valence-electron chi connectivity index (χ3n) is 7.38. The first-order valence-corrected chi connectivity index (χ1v) is 14.3. The Morgan fingerprint density at radius 1 is 0.950 bits per heavy atom. The zero-order chi connectivity index (χ0) is 28.6. The molecule has 7 heteroatoms. The lowest BCUT2D eigenvalue weighted by molar-refractivity contribution is 0.0928. The molecule has 210 valence electrons. The van der Waals surface area contributed by atoms with Crippen LogP contribution in [0.2, 0.25) is 0 Å². The highest BCUT2D eigenvalue weighted by Gasteiger charge is 2.18. The van der Waals surface area contributed by atoms with Crippen molar-refractivity contribution in [2.24, 2.45) is 0 Å². The molecule has 0 radical (unpaired) electrons. The van der Waals surface area contributed by atoms with E-state index in [4.69, 9.17) is 0 Å². The molecular weight excluding hydrogens is 498 g/mol. The lowest BCUT2D eigenvalue weighted by Crippen LogP contribution is -2.34. The highest BCUT2D eigenvalue weighted by molar-refractivity contribution is 6.10. The maximum absolute atomic E-state index is 13.5. The maximum Gasteiger partial charge on any atom is 0.270 e. The second kappa shape index (κ2) is 13.5. The number of carbonyl (C=O) groups is 2. The first-order chi connectivity index (χ1) is 19.3. The number of H-pyrrole nitrogens is 1. The molecule has 0 unspecified atom stereocenters. The third kappa shape index (κ3) is 7.02. The molecule has 0 saturated carbocycles. The Bertz CT molecular complexity index is 1450. The van der Waals surface area contributed by atoms with Crippen molar-refractivity contribution in [1.29, 1.82) is 0 Å². The van der Waals surface area contributed by atoms with Crippen molar-refractivity contribution in [3.05, 3.63) is 83.1 Å². The highest BCUT2D eigenvalue weighted by atomic mass is 16.2. The molecule has 7 nitrogen and oxygen atoms in total. The number of hydrogen-bond acceptors (Lipinski definition) is 5. The lowest BCUT2D eigenvalue weighted by atomic mass is 9.97. The van der Waals surface area contributed by atoms with Gasteiger partial charge in [-0.3, -0.25) is 19.6 Å². The smallest absolute Gasteiger partial charge is 0.270 e. The number of aromatic nitrogens is 3. The van der Waals surface area contributed by atoms with Gasteiger partial charge in [-0.15, -0.1) is 0 Å². The van der Waals surface area contributed by atoms with Gasteiger partial charge in [-0.1, -0.05) is 32.9 Å². The largest absolute Gasteiger partial charge is 0.358 e. The number of amides is 1. The summed E-state index contributed by atoms with van der Waals surface area (Å²) >= 11 is 0. The van der Waals surface area contributed by atoms with Gasteiger partial charge < -0.3 is 15.2 Å². The fraction of sp³-hybridized carbons (Fsp3) is 0.394. The van der Waals surface area contributed by atoms with Crippen molar-refractivity contribution < 1.29 is 9.59 Å². The number of carbonyl (C=O) groups excluding carboxylic acids is 2. The van der Waals surface area contributed by atoms with Crippen LogP contribution in [0.25, 0.3) is 22.0 Å². The summed E-state index contributed by atoms with van der Waals surface area (Å²) in [5.74, 6) is 0.00954. The maximum atomic E-state index is 13.5. The van der Waals surface area contributed by atoms with Crippen molar-refractivity contribution in [1.82, 2.24) is 25.2 Å². The quantitative estimate of drug-likeness (QED) is 0.193. The fourth-order valence-electron chi connectivity index (χ4n) is 5.14. The Morgan fingerprint density at radius 3 is 2.42 bits per heavy atom. The van der Waals surface area contributed by atoms with Crippen molar-refractivity contribution in [3.8, 4) is 11.1 Å². The van der Waals surface area contributed by atoms with Crippen LogP contribution in [0.15, 0.2) is 55.0 Å². The predicted octanol–water partition coefficient (Wildman–Crippen LogP) is 6.37. The summed E-state index contributed by atoms with van der Waals surface area (Å²) < 4.78 is 0. The Kier molecular flexibility index (Phi) is 9.83. The van der Waals surface area contributed by atoms with Gasteiger partial charge in [-0.05, 0) is 87.2 Å². The van der Waals surface area contributed by atoms with Gasteiger partial charge >= 0.3 is 0 Å². The molecule has 2 N–H and O–H groups in total. The number of nitrogens with one attached hydrogen (secondary N) is 2. The second-order valence-corrected chi connectivity index (χ2v) is 10.7. The minimum absolute atomic E-state index is 0.138. The number of hydrogen-bond donors (Lipinski definition) is 2. The number of ketones is 1. The van der Waals surface area contributed by atoms with Gasteiger partial charge in [0.1, 0.15) is 5.69 Å². The van der Waals surface area contributed by atoms with Gasteiger partial charge in [-0.25, -0.2) is 0 Å². The van der Waals surface area contributed by atoms with Crippen molar-refractivity contribution in [2.45, 2.75) is 71.9 Å². The van der Waals surface area contributed by atoms with Gasteiger partial charge in [0.2, 0.25) is 0 Å². The summed E-state index contributed by atoms with van der Waals surface area (Å²) in [6.45, 7) is 7.02. The molecule has 4 aromatic rings. The van der Waals surface area contributed by atoms with E-state index in [9.17, 15) is 9.59 Å². The van der Waals surface area contributed by atoms with E-state index in [0.717, 1.165) is 76.6 Å². The minimum atomic E-state index is -0.138. The van der Waals surface area contributed by atoms with Crippen LogP contribution in [-0.4, -0.2) is 51.7 Å². The fourth-order valence-corrected chi connectivity index (χ4v) is 5.14. The van der Waals surface area contributed by atoms with E-state index in [1.54, 1.807) is 12.3 Å². The van der Waals surface area contributed by atoms with Crippen LogP contribution in [0.5, 0.6) is 0 Å². The number of nitrogens with zero attached hydrogens (tertiary/aromatic N) is 3. The minimum Gasteiger partial charge on any atom is -0.358 e. The Labute approximate surface area is 237 Å². The molecule has 0 fully saturated rings. The second-order valence-electron chi connectivity index (χ2n) is 10.7. The van der Waals surface area contributed by atoms with Crippen LogP contribution >= 0.6 is 0 Å². The molecule has 0 aliphatic carbocycles.